The van der Waals surface area contributed by atoms with E-state index < -0.39 is 0 Å². The summed E-state index contributed by atoms with van der Waals surface area (Å²) in [5, 5.41) is 1.06. The summed E-state index contributed by atoms with van der Waals surface area (Å²) in [4.78, 5) is 4.07. The largest absolute Gasteiger partial charge is 0.397 e. The van der Waals surface area contributed by atoms with Crippen LogP contribution in [0.2, 0.25) is 10.0 Å². The van der Waals surface area contributed by atoms with E-state index in [1.54, 1.807) is 18.5 Å². The maximum Gasteiger partial charge on any atom is 0.0671 e. The van der Waals surface area contributed by atoms with Crippen LogP contribution in [-0.4, -0.2) is 4.98 Å². The molecule has 4 heteroatoms. The van der Waals surface area contributed by atoms with Crippen LogP contribution in [0.25, 0.3) is 11.1 Å². The molecule has 0 fully saturated rings. The molecule has 0 radical (unpaired) electrons. The average molecular weight is 253 g/mol. The highest BCUT2D eigenvalue weighted by molar-refractivity contribution is 6.43. The first-order chi connectivity index (χ1) is 7.61. The maximum absolute atomic E-state index is 6.15. The van der Waals surface area contributed by atoms with Crippen molar-refractivity contribution in [3.8, 4) is 11.1 Å². The second kappa shape index (κ2) is 4.32. The van der Waals surface area contributed by atoms with Gasteiger partial charge >= 0.3 is 0 Å². The zero-order valence-electron chi connectivity index (χ0n) is 8.67. The Hall–Kier alpha value is -1.25. The number of nitrogens with zero attached hydrogens (tertiary/aromatic N) is 1. The average Bonchev–Trinajstić information content (AvgIpc) is 2.27. The molecule has 0 saturated carbocycles. The molecule has 2 nitrogen and oxygen atoms in total. The highest BCUT2D eigenvalue weighted by atomic mass is 35.5. The molecule has 0 aliphatic rings. The summed E-state index contributed by atoms with van der Waals surface area (Å²) >= 11 is 12.1. The third-order valence-corrected chi connectivity index (χ3v) is 3.31. The van der Waals surface area contributed by atoms with Crippen molar-refractivity contribution in [2.75, 3.05) is 5.73 Å². The van der Waals surface area contributed by atoms with Crippen LogP contribution in [0, 0.1) is 6.92 Å². The first-order valence-corrected chi connectivity index (χ1v) is 5.51. The van der Waals surface area contributed by atoms with E-state index in [4.69, 9.17) is 28.9 Å². The van der Waals surface area contributed by atoms with E-state index in [1.807, 2.05) is 19.1 Å². The number of nitrogens with two attached hydrogens (primary N) is 1. The molecule has 2 N–H and O–H groups in total. The summed E-state index contributed by atoms with van der Waals surface area (Å²) in [6.07, 6.45) is 3.36. The van der Waals surface area contributed by atoms with Crippen LogP contribution in [0.5, 0.6) is 0 Å². The smallest absolute Gasteiger partial charge is 0.0671 e. The molecule has 0 unspecified atom stereocenters. The molecule has 0 aliphatic heterocycles. The number of hydrogen-bond donors (Lipinski definition) is 1. The van der Waals surface area contributed by atoms with Gasteiger partial charge in [0.15, 0.2) is 0 Å². The molecular weight excluding hydrogens is 243 g/mol. The van der Waals surface area contributed by atoms with Gasteiger partial charge in [0.05, 0.1) is 21.9 Å². The van der Waals surface area contributed by atoms with Crippen molar-refractivity contribution in [3.05, 3.63) is 46.2 Å². The van der Waals surface area contributed by atoms with Gasteiger partial charge in [-0.25, -0.2) is 0 Å². The van der Waals surface area contributed by atoms with Gasteiger partial charge in [-0.3, -0.25) is 4.98 Å². The molecule has 2 aromatic rings. The molecule has 0 amide bonds. The van der Waals surface area contributed by atoms with Crippen LogP contribution < -0.4 is 5.73 Å². The maximum atomic E-state index is 6.15. The van der Waals surface area contributed by atoms with E-state index >= 15 is 0 Å². The van der Waals surface area contributed by atoms with Crippen molar-refractivity contribution in [1.82, 2.24) is 4.98 Å². The van der Waals surface area contributed by atoms with Crippen LogP contribution in [0.3, 0.4) is 0 Å². The van der Waals surface area contributed by atoms with Crippen molar-refractivity contribution in [2.24, 2.45) is 0 Å². The van der Waals surface area contributed by atoms with E-state index in [2.05, 4.69) is 4.98 Å². The number of aromatic nitrogens is 1. The van der Waals surface area contributed by atoms with Crippen molar-refractivity contribution in [3.63, 3.8) is 0 Å². The molecule has 1 heterocycles. The SMILES string of the molecule is Cc1c(N)cncc1-c1cccc(Cl)c1Cl. The number of nitrogen functional groups attached to an aromatic ring is 1. The Bertz CT molecular complexity index is 489. The van der Waals surface area contributed by atoms with E-state index in [9.17, 15) is 0 Å². The van der Waals surface area contributed by atoms with Gasteiger partial charge in [-0.2, -0.15) is 0 Å². The lowest BCUT2D eigenvalue weighted by molar-refractivity contribution is 1.29. The number of halogens is 2. The Morgan fingerprint density at radius 1 is 1.12 bits per heavy atom. The molecule has 0 aliphatic carbocycles. The summed E-state index contributed by atoms with van der Waals surface area (Å²) in [6.45, 7) is 1.93. The third-order valence-electron chi connectivity index (χ3n) is 2.50. The minimum absolute atomic E-state index is 0.527. The molecule has 82 valence electrons. The van der Waals surface area contributed by atoms with Gasteiger partial charge in [-0.05, 0) is 18.6 Å². The van der Waals surface area contributed by atoms with Gasteiger partial charge in [0.1, 0.15) is 0 Å². The lowest BCUT2D eigenvalue weighted by atomic mass is 10.0. The van der Waals surface area contributed by atoms with Crippen LogP contribution in [0.4, 0.5) is 5.69 Å². The standard InChI is InChI=1S/C12H10Cl2N2/c1-7-9(5-16-6-11(7)15)8-3-2-4-10(13)12(8)14/h2-6H,15H2,1H3. The van der Waals surface area contributed by atoms with Gasteiger partial charge in [-0.1, -0.05) is 35.3 Å². The summed E-state index contributed by atoms with van der Waals surface area (Å²) in [5.74, 6) is 0. The quantitative estimate of drug-likeness (QED) is 0.835. The highest BCUT2D eigenvalue weighted by Gasteiger charge is 2.10. The molecule has 0 bridgehead atoms. The Labute approximate surface area is 104 Å². The molecule has 0 saturated heterocycles. The molecule has 1 aromatic heterocycles. The van der Waals surface area contributed by atoms with Crippen molar-refractivity contribution >= 4 is 28.9 Å². The predicted molar refractivity (Wildman–Crippen MR) is 68.8 cm³/mol. The molecular formula is C12H10Cl2N2. The number of rotatable bonds is 1. The molecule has 16 heavy (non-hydrogen) atoms. The number of hydrogen-bond acceptors (Lipinski definition) is 2. The minimum Gasteiger partial charge on any atom is -0.397 e. The van der Waals surface area contributed by atoms with Crippen molar-refractivity contribution < 1.29 is 0 Å². The van der Waals surface area contributed by atoms with Gasteiger partial charge < -0.3 is 5.73 Å². The van der Waals surface area contributed by atoms with Gasteiger partial charge in [0, 0.05) is 17.3 Å². The zero-order valence-corrected chi connectivity index (χ0v) is 10.2. The van der Waals surface area contributed by atoms with E-state index in [0.29, 0.717) is 15.7 Å². The lowest BCUT2D eigenvalue weighted by Crippen LogP contribution is -1.94. The van der Waals surface area contributed by atoms with E-state index in [0.717, 1.165) is 16.7 Å². The molecule has 1 aromatic carbocycles. The first-order valence-electron chi connectivity index (χ1n) is 4.75. The number of benzene rings is 1. The summed E-state index contributed by atoms with van der Waals surface area (Å²) in [7, 11) is 0. The topological polar surface area (TPSA) is 38.9 Å². The van der Waals surface area contributed by atoms with Crippen molar-refractivity contribution in [1.29, 1.82) is 0 Å². The van der Waals surface area contributed by atoms with Crippen molar-refractivity contribution in [2.45, 2.75) is 6.92 Å². The van der Waals surface area contributed by atoms with Crippen LogP contribution in [0.1, 0.15) is 5.56 Å². The molecule has 2 rings (SSSR count). The predicted octanol–water partition coefficient (Wildman–Crippen LogP) is 3.95. The zero-order chi connectivity index (χ0) is 11.7. The van der Waals surface area contributed by atoms with E-state index in [1.165, 1.54) is 0 Å². The summed E-state index contributed by atoms with van der Waals surface area (Å²) < 4.78 is 0. The highest BCUT2D eigenvalue weighted by Crippen LogP contribution is 2.35. The second-order valence-electron chi connectivity index (χ2n) is 3.50. The Kier molecular flexibility index (Phi) is 3.03. The number of pyridine rings is 1. The Balaban J connectivity index is 2.68. The Morgan fingerprint density at radius 2 is 1.88 bits per heavy atom. The summed E-state index contributed by atoms with van der Waals surface area (Å²) in [6, 6.07) is 5.51. The van der Waals surface area contributed by atoms with Crippen LogP contribution in [-0.2, 0) is 0 Å². The number of anilines is 1. The van der Waals surface area contributed by atoms with Gasteiger partial charge in [0.2, 0.25) is 0 Å². The minimum atomic E-state index is 0.527. The lowest BCUT2D eigenvalue weighted by Gasteiger charge is -2.10. The van der Waals surface area contributed by atoms with Gasteiger partial charge in [-0.15, -0.1) is 0 Å². The first kappa shape index (κ1) is 11.2. The van der Waals surface area contributed by atoms with Gasteiger partial charge in [0.25, 0.3) is 0 Å². The monoisotopic (exact) mass is 252 g/mol. The van der Waals surface area contributed by atoms with E-state index in [-0.39, 0.29) is 0 Å². The molecule has 0 spiro atoms. The summed E-state index contributed by atoms with van der Waals surface area (Å²) in [5.41, 5.74) is 9.17. The third kappa shape index (κ3) is 1.86. The fourth-order valence-corrected chi connectivity index (χ4v) is 1.93. The molecule has 0 atom stereocenters. The van der Waals surface area contributed by atoms with Crippen LogP contribution >= 0.6 is 23.2 Å². The second-order valence-corrected chi connectivity index (χ2v) is 4.29. The fourth-order valence-electron chi connectivity index (χ4n) is 1.52. The Morgan fingerprint density at radius 3 is 2.62 bits per heavy atom. The van der Waals surface area contributed by atoms with Crippen LogP contribution in [0.15, 0.2) is 30.6 Å². The normalized spacial score (nSPS) is 10.4. The fraction of sp³-hybridized carbons (Fsp3) is 0.0833.